The first-order valence-electron chi connectivity index (χ1n) is 12.2. The summed E-state index contributed by atoms with van der Waals surface area (Å²) in [7, 11) is 0. The molecule has 0 radical (unpaired) electrons. The molecule has 2 heterocycles. The van der Waals surface area contributed by atoms with Crippen LogP contribution >= 0.6 is 0 Å². The van der Waals surface area contributed by atoms with Gasteiger partial charge < -0.3 is 19.9 Å². The lowest BCUT2D eigenvalue weighted by Gasteiger charge is -2.39. The van der Waals surface area contributed by atoms with Gasteiger partial charge in [-0.3, -0.25) is 14.6 Å². The fraction of sp³-hybridized carbons (Fsp3) is 0.481. The van der Waals surface area contributed by atoms with Crippen molar-refractivity contribution in [2.75, 3.05) is 32.8 Å². The number of likely N-dealkylation sites (tertiary alicyclic amines) is 1. The Hall–Kier alpha value is -3.10. The summed E-state index contributed by atoms with van der Waals surface area (Å²) in [5.74, 6) is 1.31. The highest BCUT2D eigenvalue weighted by Gasteiger charge is 2.43. The van der Waals surface area contributed by atoms with Crippen LogP contribution in [0, 0.1) is 0 Å². The zero-order valence-corrected chi connectivity index (χ0v) is 20.5. The molecule has 35 heavy (non-hydrogen) atoms. The average molecular weight is 482 g/mol. The SMILES string of the molecule is CC1(C)NC(=O)N(CCCOc2ccc(CN3CCC[C@@](O)(COc4ccccc4)C3)cc2)C1=O. The zero-order valence-electron chi connectivity index (χ0n) is 20.5. The number of hydrogen-bond acceptors (Lipinski definition) is 6. The Labute approximate surface area is 206 Å². The minimum absolute atomic E-state index is 0.205. The van der Waals surface area contributed by atoms with Gasteiger partial charge in [-0.05, 0) is 69.5 Å². The first-order valence-corrected chi connectivity index (χ1v) is 12.2. The monoisotopic (exact) mass is 481 g/mol. The van der Waals surface area contributed by atoms with Gasteiger partial charge in [0.25, 0.3) is 5.91 Å². The van der Waals surface area contributed by atoms with Crippen molar-refractivity contribution in [1.82, 2.24) is 15.1 Å². The summed E-state index contributed by atoms with van der Waals surface area (Å²) in [5.41, 5.74) is -0.556. The van der Waals surface area contributed by atoms with Crippen molar-refractivity contribution in [1.29, 1.82) is 0 Å². The van der Waals surface area contributed by atoms with Crippen molar-refractivity contribution in [3.8, 4) is 11.5 Å². The van der Waals surface area contributed by atoms with E-state index in [-0.39, 0.29) is 18.5 Å². The number of imide groups is 1. The molecule has 3 amide bonds. The van der Waals surface area contributed by atoms with Gasteiger partial charge in [-0.15, -0.1) is 0 Å². The predicted octanol–water partition coefficient (Wildman–Crippen LogP) is 3.19. The lowest BCUT2D eigenvalue weighted by Crippen LogP contribution is -2.51. The van der Waals surface area contributed by atoms with Gasteiger partial charge in [-0.25, -0.2) is 4.79 Å². The smallest absolute Gasteiger partial charge is 0.325 e. The van der Waals surface area contributed by atoms with Crippen LogP contribution < -0.4 is 14.8 Å². The maximum absolute atomic E-state index is 12.2. The number of nitrogens with one attached hydrogen (secondary N) is 1. The summed E-state index contributed by atoms with van der Waals surface area (Å²) in [6.45, 7) is 6.68. The number of hydrogen-bond donors (Lipinski definition) is 2. The molecule has 0 spiro atoms. The molecule has 0 saturated carbocycles. The van der Waals surface area contributed by atoms with Gasteiger partial charge in [0.2, 0.25) is 0 Å². The standard InChI is InChI=1S/C27H35N3O5/c1-26(2)24(31)30(25(32)28-26)16-7-17-34-23-12-10-21(11-13-23)18-29-15-6-14-27(33,19-29)20-35-22-8-4-3-5-9-22/h3-5,8-13,33H,6-7,14-20H2,1-2H3,(H,28,32)/t27-/m0/s1. The van der Waals surface area contributed by atoms with Crippen LogP contribution in [-0.4, -0.2) is 70.8 Å². The molecule has 4 rings (SSSR count). The average Bonchev–Trinajstić information content (AvgIpc) is 3.03. The minimum atomic E-state index is -0.861. The highest BCUT2D eigenvalue weighted by atomic mass is 16.5. The van der Waals surface area contributed by atoms with E-state index in [0.717, 1.165) is 43.0 Å². The van der Waals surface area contributed by atoms with E-state index < -0.39 is 11.1 Å². The van der Waals surface area contributed by atoms with Crippen LogP contribution in [0.15, 0.2) is 54.6 Å². The zero-order chi connectivity index (χ0) is 24.9. The summed E-state index contributed by atoms with van der Waals surface area (Å²) in [6, 6.07) is 17.2. The Kier molecular flexibility index (Phi) is 7.62. The van der Waals surface area contributed by atoms with Crippen LogP contribution in [0.3, 0.4) is 0 Å². The Balaban J connectivity index is 1.20. The topological polar surface area (TPSA) is 91.3 Å². The molecule has 0 aromatic heterocycles. The van der Waals surface area contributed by atoms with Crippen molar-refractivity contribution < 1.29 is 24.2 Å². The van der Waals surface area contributed by atoms with E-state index in [9.17, 15) is 14.7 Å². The summed E-state index contributed by atoms with van der Waals surface area (Å²) in [5, 5.41) is 13.7. The lowest BCUT2D eigenvalue weighted by atomic mass is 9.93. The Morgan fingerprint density at radius 1 is 1.00 bits per heavy atom. The minimum Gasteiger partial charge on any atom is -0.494 e. The van der Waals surface area contributed by atoms with Gasteiger partial charge in [0.15, 0.2) is 0 Å². The molecule has 2 aliphatic rings. The number of ether oxygens (including phenoxy) is 2. The molecular formula is C27H35N3O5. The third kappa shape index (κ3) is 6.52. The van der Waals surface area contributed by atoms with E-state index in [1.165, 1.54) is 4.90 Å². The Morgan fingerprint density at radius 3 is 2.40 bits per heavy atom. The summed E-state index contributed by atoms with van der Waals surface area (Å²) >= 11 is 0. The maximum atomic E-state index is 12.2. The molecule has 2 aliphatic heterocycles. The number of rotatable bonds is 10. The van der Waals surface area contributed by atoms with Crippen LogP contribution in [-0.2, 0) is 11.3 Å². The van der Waals surface area contributed by atoms with E-state index in [1.807, 2.05) is 54.6 Å². The number of β-amino-alcohol motifs (C(OH)–C–C–N with tert-alkyl or cyclic N) is 1. The highest BCUT2D eigenvalue weighted by Crippen LogP contribution is 2.25. The fourth-order valence-electron chi connectivity index (χ4n) is 4.58. The van der Waals surface area contributed by atoms with Crippen molar-refractivity contribution in [2.24, 2.45) is 0 Å². The van der Waals surface area contributed by atoms with Gasteiger partial charge in [0, 0.05) is 19.6 Å². The predicted molar refractivity (Wildman–Crippen MR) is 132 cm³/mol. The van der Waals surface area contributed by atoms with Crippen molar-refractivity contribution in [3.05, 3.63) is 60.2 Å². The Morgan fingerprint density at radius 2 is 1.71 bits per heavy atom. The van der Waals surface area contributed by atoms with Gasteiger partial charge in [-0.2, -0.15) is 0 Å². The number of carbonyl (C=O) groups is 2. The molecule has 188 valence electrons. The fourth-order valence-corrected chi connectivity index (χ4v) is 4.58. The quantitative estimate of drug-likeness (QED) is 0.400. The second-order valence-electron chi connectivity index (χ2n) is 10.00. The molecule has 2 saturated heterocycles. The molecule has 0 bridgehead atoms. The third-order valence-corrected chi connectivity index (χ3v) is 6.45. The van der Waals surface area contributed by atoms with Gasteiger partial charge in [0.05, 0.1) is 6.61 Å². The molecule has 0 unspecified atom stereocenters. The number of carbonyl (C=O) groups excluding carboxylic acids is 2. The van der Waals surface area contributed by atoms with Crippen LogP contribution in [0.4, 0.5) is 4.79 Å². The molecular weight excluding hydrogens is 446 g/mol. The highest BCUT2D eigenvalue weighted by molar-refractivity contribution is 6.06. The number of piperidine rings is 1. The van der Waals surface area contributed by atoms with Crippen LogP contribution in [0.5, 0.6) is 11.5 Å². The largest absolute Gasteiger partial charge is 0.494 e. The number of benzene rings is 2. The molecule has 2 fully saturated rings. The van der Waals surface area contributed by atoms with Gasteiger partial charge >= 0.3 is 6.03 Å². The van der Waals surface area contributed by atoms with Crippen molar-refractivity contribution >= 4 is 11.9 Å². The Bertz CT molecular complexity index is 1010. The number of amides is 3. The number of aliphatic hydroxyl groups is 1. The molecule has 2 N–H and O–H groups in total. The second-order valence-corrected chi connectivity index (χ2v) is 10.00. The van der Waals surface area contributed by atoms with E-state index in [0.29, 0.717) is 26.1 Å². The van der Waals surface area contributed by atoms with Crippen LogP contribution in [0.2, 0.25) is 0 Å². The lowest BCUT2D eigenvalue weighted by molar-refractivity contribution is -0.130. The van der Waals surface area contributed by atoms with Crippen molar-refractivity contribution in [2.45, 2.75) is 50.8 Å². The van der Waals surface area contributed by atoms with E-state index in [1.54, 1.807) is 13.8 Å². The molecule has 0 aliphatic carbocycles. The summed E-state index contributed by atoms with van der Waals surface area (Å²) in [6.07, 6.45) is 2.21. The normalized spacial score (nSPS) is 22.2. The van der Waals surface area contributed by atoms with Gasteiger partial charge in [0.1, 0.15) is 29.2 Å². The first kappa shape index (κ1) is 25.0. The van der Waals surface area contributed by atoms with E-state index in [2.05, 4.69) is 10.2 Å². The molecule has 8 heteroatoms. The molecule has 2 aromatic rings. The van der Waals surface area contributed by atoms with Crippen LogP contribution in [0.25, 0.3) is 0 Å². The van der Waals surface area contributed by atoms with E-state index in [4.69, 9.17) is 9.47 Å². The van der Waals surface area contributed by atoms with Crippen molar-refractivity contribution in [3.63, 3.8) is 0 Å². The van der Waals surface area contributed by atoms with E-state index >= 15 is 0 Å². The number of para-hydroxylation sites is 1. The molecule has 1 atom stereocenters. The summed E-state index contributed by atoms with van der Waals surface area (Å²) < 4.78 is 11.6. The first-order chi connectivity index (χ1) is 16.7. The second kappa shape index (κ2) is 10.7. The molecule has 8 nitrogen and oxygen atoms in total. The number of nitrogens with zero attached hydrogens (tertiary/aromatic N) is 2. The third-order valence-electron chi connectivity index (χ3n) is 6.45. The maximum Gasteiger partial charge on any atom is 0.325 e. The van der Waals surface area contributed by atoms with Gasteiger partial charge in [-0.1, -0.05) is 30.3 Å². The number of urea groups is 1. The van der Waals surface area contributed by atoms with Crippen LogP contribution in [0.1, 0.15) is 38.7 Å². The summed E-state index contributed by atoms with van der Waals surface area (Å²) in [4.78, 5) is 27.7. The molecule has 2 aromatic carbocycles.